The van der Waals surface area contributed by atoms with Crippen LogP contribution in [0.5, 0.6) is 0 Å². The van der Waals surface area contributed by atoms with E-state index in [1.54, 1.807) is 31.3 Å². The van der Waals surface area contributed by atoms with E-state index < -0.39 is 23.6 Å². The first-order valence-electron chi connectivity index (χ1n) is 13.5. The van der Waals surface area contributed by atoms with Crippen LogP contribution >= 0.6 is 0 Å². The van der Waals surface area contributed by atoms with Gasteiger partial charge in [-0.15, -0.1) is 0 Å². The van der Waals surface area contributed by atoms with Crippen molar-refractivity contribution in [1.82, 2.24) is 14.9 Å². The molecule has 1 saturated heterocycles. The molecule has 0 atom stereocenters. The molecule has 1 fully saturated rings. The molecule has 2 amide bonds. The van der Waals surface area contributed by atoms with Gasteiger partial charge in [-0.1, -0.05) is 12.1 Å². The van der Waals surface area contributed by atoms with Crippen LogP contribution in [0.25, 0.3) is 11.0 Å². The number of morpholine rings is 1. The maximum Gasteiger partial charge on any atom is 0.416 e. The first kappa shape index (κ1) is 29.1. The summed E-state index contributed by atoms with van der Waals surface area (Å²) in [7, 11) is 0. The Morgan fingerprint density at radius 1 is 1.02 bits per heavy atom. The molecule has 4 N–H and O–H groups in total. The van der Waals surface area contributed by atoms with Crippen LogP contribution in [0.2, 0.25) is 0 Å². The summed E-state index contributed by atoms with van der Waals surface area (Å²) >= 11 is 0. The minimum atomic E-state index is -4.57. The van der Waals surface area contributed by atoms with Crippen molar-refractivity contribution in [3.63, 3.8) is 0 Å². The number of halogens is 3. The summed E-state index contributed by atoms with van der Waals surface area (Å²) in [5, 5.41) is 9.73. The van der Waals surface area contributed by atoms with Gasteiger partial charge in [-0.25, -0.2) is 4.98 Å². The number of aromatic nitrogens is 2. The van der Waals surface area contributed by atoms with E-state index in [0.29, 0.717) is 48.0 Å². The summed E-state index contributed by atoms with van der Waals surface area (Å²) in [5.41, 5.74) is 2.01. The number of hydrogen-bond acceptors (Lipinski definition) is 6. The van der Waals surface area contributed by atoms with Gasteiger partial charge < -0.3 is 25.7 Å². The topological polar surface area (TPSA) is 111 Å². The molecular formula is C30H31F3N6O3. The Kier molecular flexibility index (Phi) is 8.46. The van der Waals surface area contributed by atoms with E-state index in [1.165, 1.54) is 25.3 Å². The van der Waals surface area contributed by atoms with Crippen molar-refractivity contribution >= 4 is 39.9 Å². The van der Waals surface area contributed by atoms with E-state index >= 15 is 0 Å². The van der Waals surface area contributed by atoms with Gasteiger partial charge >= 0.3 is 6.18 Å². The summed E-state index contributed by atoms with van der Waals surface area (Å²) in [6.07, 6.45) is -1.31. The lowest BCUT2D eigenvalue weighted by atomic mass is 10.0. The first-order chi connectivity index (χ1) is 20.1. The predicted octanol–water partition coefficient (Wildman–Crippen LogP) is 5.45. The molecule has 0 bridgehead atoms. The average Bonchev–Trinajstić information content (AvgIpc) is 3.44. The molecule has 220 valence electrons. The number of carbonyl (C=O) groups is 2. The number of amides is 2. The number of fused-ring (bicyclic) bond motifs is 1. The quantitative estimate of drug-likeness (QED) is 0.221. The molecular weight excluding hydrogens is 549 g/mol. The number of nitrogens with zero attached hydrogens (tertiary/aromatic N) is 2. The fraction of sp³-hybridized carbons (Fsp3) is 0.300. The Hall–Kier alpha value is -4.42. The van der Waals surface area contributed by atoms with Gasteiger partial charge in [-0.3, -0.25) is 14.5 Å². The van der Waals surface area contributed by atoms with Crippen molar-refractivity contribution in [2.75, 3.05) is 55.3 Å². The van der Waals surface area contributed by atoms with Crippen LogP contribution in [0.1, 0.15) is 37.4 Å². The lowest BCUT2D eigenvalue weighted by molar-refractivity contribution is -0.138. The standard InChI is InChI=1S/C30H31F3N6O3/c1-18-6-7-20(37-28(40)21-4-3-5-24(19(21)2)30(31,32)33)16-25(18)38-29(41)23-17-36-27-22(8-9-35-27)26(23)34-10-11-39-12-14-42-15-13-39/h3-9,16-17H,10-15H2,1-2H3,(H,37,40)(H,38,41)(H2,34,35,36). The average molecular weight is 581 g/mol. The lowest BCUT2D eigenvalue weighted by Gasteiger charge is -2.26. The van der Waals surface area contributed by atoms with Gasteiger partial charge in [0.15, 0.2) is 0 Å². The molecule has 5 rings (SSSR count). The maximum absolute atomic E-state index is 13.5. The van der Waals surface area contributed by atoms with Crippen LogP contribution < -0.4 is 16.0 Å². The Morgan fingerprint density at radius 2 is 1.79 bits per heavy atom. The number of alkyl halides is 3. The molecule has 1 aliphatic rings. The molecule has 3 heterocycles. The maximum atomic E-state index is 13.5. The number of benzene rings is 2. The van der Waals surface area contributed by atoms with Crippen molar-refractivity contribution in [1.29, 1.82) is 0 Å². The number of aryl methyl sites for hydroxylation is 1. The number of anilines is 3. The highest BCUT2D eigenvalue weighted by Crippen LogP contribution is 2.33. The van der Waals surface area contributed by atoms with Gasteiger partial charge in [0.05, 0.1) is 30.0 Å². The second kappa shape index (κ2) is 12.2. The van der Waals surface area contributed by atoms with Gasteiger partial charge in [0, 0.05) is 60.9 Å². The third kappa shape index (κ3) is 6.39. The molecule has 12 heteroatoms. The summed E-state index contributed by atoms with van der Waals surface area (Å²) < 4.78 is 45.4. The summed E-state index contributed by atoms with van der Waals surface area (Å²) in [4.78, 5) is 36.2. The molecule has 0 radical (unpaired) electrons. The number of hydrogen-bond donors (Lipinski definition) is 4. The van der Waals surface area contributed by atoms with Gasteiger partial charge in [0.25, 0.3) is 11.8 Å². The summed E-state index contributed by atoms with van der Waals surface area (Å²) in [6, 6.07) is 10.2. The Morgan fingerprint density at radius 3 is 2.55 bits per heavy atom. The molecule has 0 saturated carbocycles. The third-order valence-corrected chi connectivity index (χ3v) is 7.29. The monoisotopic (exact) mass is 580 g/mol. The number of H-pyrrole nitrogens is 1. The zero-order chi connectivity index (χ0) is 29.9. The Labute approximate surface area is 240 Å². The molecule has 42 heavy (non-hydrogen) atoms. The van der Waals surface area contributed by atoms with Gasteiger partial charge in [0.1, 0.15) is 5.65 Å². The number of pyridine rings is 1. The Balaban J connectivity index is 1.34. The zero-order valence-electron chi connectivity index (χ0n) is 23.2. The fourth-order valence-electron chi connectivity index (χ4n) is 4.95. The van der Waals surface area contributed by atoms with Crippen LogP contribution in [0.4, 0.5) is 30.2 Å². The van der Waals surface area contributed by atoms with Crippen molar-refractivity contribution in [2.24, 2.45) is 0 Å². The van der Waals surface area contributed by atoms with Crippen LogP contribution in [-0.4, -0.2) is 66.1 Å². The molecule has 9 nitrogen and oxygen atoms in total. The smallest absolute Gasteiger partial charge is 0.382 e. The van der Waals surface area contributed by atoms with E-state index in [2.05, 4.69) is 30.8 Å². The fourth-order valence-corrected chi connectivity index (χ4v) is 4.95. The second-order valence-electron chi connectivity index (χ2n) is 10.1. The molecule has 2 aromatic heterocycles. The van der Waals surface area contributed by atoms with Crippen molar-refractivity contribution in [2.45, 2.75) is 20.0 Å². The number of carbonyl (C=O) groups excluding carboxylic acids is 2. The van der Waals surface area contributed by atoms with Crippen LogP contribution in [0.3, 0.4) is 0 Å². The largest absolute Gasteiger partial charge is 0.416 e. The highest BCUT2D eigenvalue weighted by molar-refractivity contribution is 6.13. The predicted molar refractivity (Wildman–Crippen MR) is 155 cm³/mol. The van der Waals surface area contributed by atoms with Crippen molar-refractivity contribution in [3.05, 3.63) is 82.7 Å². The number of aromatic amines is 1. The van der Waals surface area contributed by atoms with Gasteiger partial charge in [-0.2, -0.15) is 13.2 Å². The molecule has 0 aliphatic carbocycles. The van der Waals surface area contributed by atoms with Crippen LogP contribution in [0.15, 0.2) is 54.9 Å². The molecule has 2 aromatic carbocycles. The van der Waals surface area contributed by atoms with E-state index in [0.717, 1.165) is 36.7 Å². The molecule has 1 aliphatic heterocycles. The van der Waals surface area contributed by atoms with Crippen molar-refractivity contribution in [3.8, 4) is 0 Å². The number of nitrogens with one attached hydrogen (secondary N) is 4. The summed E-state index contributed by atoms with van der Waals surface area (Å²) in [6.45, 7) is 7.56. The minimum Gasteiger partial charge on any atom is -0.382 e. The van der Waals surface area contributed by atoms with Crippen LogP contribution in [0, 0.1) is 13.8 Å². The van der Waals surface area contributed by atoms with Gasteiger partial charge in [0.2, 0.25) is 0 Å². The van der Waals surface area contributed by atoms with Crippen molar-refractivity contribution < 1.29 is 27.5 Å². The molecule has 0 spiro atoms. The second-order valence-corrected chi connectivity index (χ2v) is 10.1. The SMILES string of the molecule is Cc1ccc(NC(=O)c2cccc(C(F)(F)F)c2C)cc1NC(=O)c1cnc2[nH]ccc2c1NCCN1CCOCC1. The third-order valence-electron chi connectivity index (χ3n) is 7.29. The van der Waals surface area contributed by atoms with Crippen LogP contribution in [-0.2, 0) is 10.9 Å². The highest BCUT2D eigenvalue weighted by atomic mass is 19.4. The zero-order valence-corrected chi connectivity index (χ0v) is 23.2. The minimum absolute atomic E-state index is 0.0883. The Bertz CT molecular complexity index is 1610. The molecule has 0 unspecified atom stereocenters. The van der Waals surface area contributed by atoms with E-state index in [4.69, 9.17) is 4.74 Å². The van der Waals surface area contributed by atoms with E-state index in [9.17, 15) is 22.8 Å². The van der Waals surface area contributed by atoms with Gasteiger partial charge in [-0.05, 0) is 55.3 Å². The summed E-state index contributed by atoms with van der Waals surface area (Å²) in [5.74, 6) is -1.09. The number of ether oxygens (including phenoxy) is 1. The van der Waals surface area contributed by atoms with E-state index in [1.807, 2.05) is 6.07 Å². The molecule has 4 aromatic rings. The number of rotatable bonds is 8. The first-order valence-corrected chi connectivity index (χ1v) is 13.5. The normalized spacial score (nSPS) is 14.1. The van der Waals surface area contributed by atoms with E-state index in [-0.39, 0.29) is 11.1 Å². The lowest BCUT2D eigenvalue weighted by Crippen LogP contribution is -2.39. The highest BCUT2D eigenvalue weighted by Gasteiger charge is 2.33.